The number of hydrogen-bond acceptors (Lipinski definition) is 4. The van der Waals surface area contributed by atoms with Crippen LogP contribution in [-0.4, -0.2) is 30.3 Å². The van der Waals surface area contributed by atoms with Gasteiger partial charge in [-0.05, 0) is 45.1 Å². The van der Waals surface area contributed by atoms with E-state index in [1.54, 1.807) is 7.11 Å². The van der Waals surface area contributed by atoms with Gasteiger partial charge in [-0.25, -0.2) is 0 Å². The van der Waals surface area contributed by atoms with Crippen molar-refractivity contribution in [3.05, 3.63) is 24.3 Å². The largest absolute Gasteiger partial charge is 0.495 e. The fraction of sp³-hybridized carbons (Fsp3) is 0.467. The molecule has 0 aliphatic carbocycles. The third-order valence-electron chi connectivity index (χ3n) is 2.39. The van der Waals surface area contributed by atoms with Crippen LogP contribution in [0.25, 0.3) is 0 Å². The summed E-state index contributed by atoms with van der Waals surface area (Å²) in [4.78, 5) is 11.6. The van der Waals surface area contributed by atoms with Gasteiger partial charge in [-0.3, -0.25) is 4.79 Å². The lowest BCUT2D eigenvalue weighted by Crippen LogP contribution is -2.32. The quantitative estimate of drug-likeness (QED) is 0.644. The third-order valence-corrected chi connectivity index (χ3v) is 2.64. The number of thiocarbonyl (C=S) groups is 1. The first-order valence-electron chi connectivity index (χ1n) is 6.71. The van der Waals surface area contributed by atoms with Crippen molar-refractivity contribution in [3.63, 3.8) is 0 Å². The number of para-hydroxylation sites is 2. The Bertz CT molecular complexity index is 498. The van der Waals surface area contributed by atoms with Gasteiger partial charge in [-0.15, -0.1) is 0 Å². The fourth-order valence-electron chi connectivity index (χ4n) is 1.59. The zero-order valence-corrected chi connectivity index (χ0v) is 13.7. The van der Waals surface area contributed by atoms with Crippen molar-refractivity contribution in [2.24, 2.45) is 0 Å². The summed E-state index contributed by atoms with van der Waals surface area (Å²) in [6.07, 6.45) is 0.255. The topological polar surface area (TPSA) is 59.6 Å². The summed E-state index contributed by atoms with van der Waals surface area (Å²) in [5.41, 5.74) is 0.308. The van der Waals surface area contributed by atoms with Crippen molar-refractivity contribution >= 4 is 29.0 Å². The lowest BCUT2D eigenvalue weighted by atomic mass is 10.2. The van der Waals surface area contributed by atoms with Crippen LogP contribution in [0.1, 0.15) is 27.2 Å². The van der Waals surface area contributed by atoms with Gasteiger partial charge in [0.15, 0.2) is 5.11 Å². The van der Waals surface area contributed by atoms with E-state index in [1.807, 2.05) is 45.0 Å². The van der Waals surface area contributed by atoms with Crippen LogP contribution in [-0.2, 0) is 9.53 Å². The second kappa shape index (κ2) is 7.83. The van der Waals surface area contributed by atoms with Crippen LogP contribution in [0, 0.1) is 0 Å². The number of benzene rings is 1. The Morgan fingerprint density at radius 3 is 2.57 bits per heavy atom. The third kappa shape index (κ3) is 6.94. The molecule has 0 unspecified atom stereocenters. The Morgan fingerprint density at radius 1 is 1.29 bits per heavy atom. The number of carbonyl (C=O) groups is 1. The first kappa shape index (κ1) is 17.2. The van der Waals surface area contributed by atoms with Crippen LogP contribution in [0.2, 0.25) is 0 Å². The predicted molar refractivity (Wildman–Crippen MR) is 87.7 cm³/mol. The second-order valence-corrected chi connectivity index (χ2v) is 5.83. The minimum atomic E-state index is -0.465. The first-order chi connectivity index (χ1) is 9.81. The highest BCUT2D eigenvalue weighted by molar-refractivity contribution is 7.80. The Balaban J connectivity index is 2.36. The van der Waals surface area contributed by atoms with E-state index in [4.69, 9.17) is 21.7 Å². The summed E-state index contributed by atoms with van der Waals surface area (Å²) in [5.74, 6) is 0.448. The number of methoxy groups -OCH3 is 1. The van der Waals surface area contributed by atoms with E-state index < -0.39 is 5.60 Å². The molecule has 0 aliphatic rings. The van der Waals surface area contributed by atoms with Gasteiger partial charge in [-0.2, -0.15) is 0 Å². The van der Waals surface area contributed by atoms with Crippen molar-refractivity contribution in [2.75, 3.05) is 19.0 Å². The summed E-state index contributed by atoms with van der Waals surface area (Å²) >= 11 is 5.18. The summed E-state index contributed by atoms with van der Waals surface area (Å²) in [5, 5.41) is 6.42. The van der Waals surface area contributed by atoms with Crippen molar-refractivity contribution in [1.29, 1.82) is 0 Å². The second-order valence-electron chi connectivity index (χ2n) is 5.42. The highest BCUT2D eigenvalue weighted by atomic mass is 32.1. The van der Waals surface area contributed by atoms with Gasteiger partial charge in [0, 0.05) is 6.54 Å². The van der Waals surface area contributed by atoms with Crippen molar-refractivity contribution in [2.45, 2.75) is 32.8 Å². The van der Waals surface area contributed by atoms with Crippen LogP contribution in [0.3, 0.4) is 0 Å². The highest BCUT2D eigenvalue weighted by Gasteiger charge is 2.15. The van der Waals surface area contributed by atoms with E-state index in [2.05, 4.69) is 10.6 Å². The minimum Gasteiger partial charge on any atom is -0.495 e. The molecule has 0 radical (unpaired) electrons. The molecule has 0 heterocycles. The molecule has 5 nitrogen and oxygen atoms in total. The summed E-state index contributed by atoms with van der Waals surface area (Å²) < 4.78 is 10.4. The number of nitrogens with one attached hydrogen (secondary N) is 2. The van der Waals surface area contributed by atoms with Gasteiger partial charge >= 0.3 is 5.97 Å². The lowest BCUT2D eigenvalue weighted by Gasteiger charge is -2.19. The average molecular weight is 310 g/mol. The van der Waals surface area contributed by atoms with E-state index in [-0.39, 0.29) is 12.4 Å². The number of ether oxygens (including phenoxy) is 2. The molecular weight excluding hydrogens is 288 g/mol. The van der Waals surface area contributed by atoms with Crippen LogP contribution >= 0.6 is 12.2 Å². The molecule has 0 atom stereocenters. The fourth-order valence-corrected chi connectivity index (χ4v) is 1.80. The Labute approximate surface area is 131 Å². The normalized spacial score (nSPS) is 10.7. The molecule has 0 saturated heterocycles. The maximum atomic E-state index is 11.6. The molecule has 1 aromatic rings. The molecule has 6 heteroatoms. The van der Waals surface area contributed by atoms with E-state index in [0.717, 1.165) is 5.69 Å². The highest BCUT2D eigenvalue weighted by Crippen LogP contribution is 2.22. The molecule has 0 aromatic heterocycles. The van der Waals surface area contributed by atoms with Gasteiger partial charge in [0.05, 0.1) is 19.2 Å². The maximum Gasteiger partial charge on any atom is 0.308 e. The van der Waals surface area contributed by atoms with Crippen LogP contribution in [0.5, 0.6) is 5.75 Å². The number of carbonyl (C=O) groups excluding carboxylic acids is 1. The standard InChI is InChI=1S/C15H22N2O3S/c1-15(2,3)20-13(18)9-10-16-14(21)17-11-7-5-6-8-12(11)19-4/h5-8H,9-10H2,1-4H3,(H2,16,17,21). The molecule has 116 valence electrons. The zero-order valence-electron chi connectivity index (χ0n) is 12.9. The molecule has 2 N–H and O–H groups in total. The Kier molecular flexibility index (Phi) is 6.42. The van der Waals surface area contributed by atoms with Gasteiger partial charge in [0.1, 0.15) is 11.4 Å². The van der Waals surface area contributed by atoms with Crippen LogP contribution < -0.4 is 15.4 Å². The molecule has 0 amide bonds. The van der Waals surface area contributed by atoms with E-state index >= 15 is 0 Å². The number of esters is 1. The monoisotopic (exact) mass is 310 g/mol. The molecule has 0 aliphatic heterocycles. The van der Waals surface area contributed by atoms with Gasteiger partial charge < -0.3 is 20.1 Å². The summed E-state index contributed by atoms with van der Waals surface area (Å²) in [6.45, 7) is 5.93. The average Bonchev–Trinajstić information content (AvgIpc) is 2.37. The molecule has 21 heavy (non-hydrogen) atoms. The number of rotatable bonds is 5. The first-order valence-corrected chi connectivity index (χ1v) is 7.12. The van der Waals surface area contributed by atoms with Crippen LogP contribution in [0.15, 0.2) is 24.3 Å². The smallest absolute Gasteiger partial charge is 0.308 e. The summed E-state index contributed by atoms with van der Waals surface area (Å²) in [7, 11) is 1.60. The SMILES string of the molecule is COc1ccccc1NC(=S)NCCC(=O)OC(C)(C)C. The van der Waals surface area contributed by atoms with Gasteiger partial charge in [0.2, 0.25) is 0 Å². The molecule has 0 spiro atoms. The maximum absolute atomic E-state index is 11.6. The van der Waals surface area contributed by atoms with Crippen molar-refractivity contribution in [3.8, 4) is 5.75 Å². The van der Waals surface area contributed by atoms with Gasteiger partial charge in [-0.1, -0.05) is 12.1 Å². The summed E-state index contributed by atoms with van der Waals surface area (Å²) in [6, 6.07) is 7.46. The molecule has 1 aromatic carbocycles. The molecule has 0 bridgehead atoms. The van der Waals surface area contributed by atoms with Crippen molar-refractivity contribution in [1.82, 2.24) is 5.32 Å². The Hall–Kier alpha value is -1.82. The van der Waals surface area contributed by atoms with E-state index in [9.17, 15) is 4.79 Å². The Morgan fingerprint density at radius 2 is 1.95 bits per heavy atom. The van der Waals surface area contributed by atoms with Crippen molar-refractivity contribution < 1.29 is 14.3 Å². The zero-order chi connectivity index (χ0) is 15.9. The molecule has 1 rings (SSSR count). The number of anilines is 1. The minimum absolute atomic E-state index is 0.255. The van der Waals surface area contributed by atoms with Crippen LogP contribution in [0.4, 0.5) is 5.69 Å². The van der Waals surface area contributed by atoms with E-state index in [1.165, 1.54) is 0 Å². The lowest BCUT2D eigenvalue weighted by molar-refractivity contribution is -0.154. The molecule has 0 fully saturated rings. The molecular formula is C15H22N2O3S. The van der Waals surface area contributed by atoms with E-state index in [0.29, 0.717) is 17.4 Å². The van der Waals surface area contributed by atoms with Gasteiger partial charge in [0.25, 0.3) is 0 Å². The number of hydrogen-bond donors (Lipinski definition) is 2. The predicted octanol–water partition coefficient (Wildman–Crippen LogP) is 2.71. The molecule has 0 saturated carbocycles.